The van der Waals surface area contributed by atoms with Crippen LogP contribution in [0, 0.1) is 10.1 Å². The first-order valence-corrected chi connectivity index (χ1v) is 8.60. The molecule has 0 radical (unpaired) electrons. The van der Waals surface area contributed by atoms with Crippen LogP contribution in [0.5, 0.6) is 0 Å². The molecule has 0 bridgehead atoms. The zero-order valence-corrected chi connectivity index (χ0v) is 13.4. The Labute approximate surface area is 136 Å². The maximum absolute atomic E-state index is 11.0. The SMILES string of the molecule is O=[N+]([O-])c1ccsc1N1CCN(Cc2noc(C3CC3)n2)CC1. The van der Waals surface area contributed by atoms with Gasteiger partial charge in [0, 0.05) is 38.2 Å². The molecule has 0 N–H and O–H groups in total. The molecule has 23 heavy (non-hydrogen) atoms. The van der Waals surface area contributed by atoms with Crippen molar-refractivity contribution < 1.29 is 9.45 Å². The number of aromatic nitrogens is 2. The van der Waals surface area contributed by atoms with E-state index in [4.69, 9.17) is 4.52 Å². The van der Waals surface area contributed by atoms with Crippen LogP contribution in [0.1, 0.15) is 30.5 Å². The number of rotatable bonds is 5. The van der Waals surface area contributed by atoms with E-state index in [0.29, 0.717) is 12.5 Å². The first-order chi connectivity index (χ1) is 11.2. The van der Waals surface area contributed by atoms with Crippen molar-refractivity contribution in [3.63, 3.8) is 0 Å². The molecule has 2 fully saturated rings. The van der Waals surface area contributed by atoms with E-state index in [-0.39, 0.29) is 10.6 Å². The summed E-state index contributed by atoms with van der Waals surface area (Å²) in [7, 11) is 0. The van der Waals surface area contributed by atoms with Crippen LogP contribution in [0.3, 0.4) is 0 Å². The maximum Gasteiger partial charge on any atom is 0.303 e. The number of nitro groups is 1. The number of piperazine rings is 1. The summed E-state index contributed by atoms with van der Waals surface area (Å²) in [6.45, 7) is 3.89. The van der Waals surface area contributed by atoms with Gasteiger partial charge in [0.15, 0.2) is 10.8 Å². The summed E-state index contributed by atoms with van der Waals surface area (Å²) in [5, 5.41) is 17.6. The van der Waals surface area contributed by atoms with Crippen LogP contribution in [-0.2, 0) is 6.54 Å². The van der Waals surface area contributed by atoms with Gasteiger partial charge in [-0.3, -0.25) is 15.0 Å². The summed E-state index contributed by atoms with van der Waals surface area (Å²) >= 11 is 1.43. The van der Waals surface area contributed by atoms with Gasteiger partial charge >= 0.3 is 5.69 Å². The normalized spacial score (nSPS) is 19.2. The summed E-state index contributed by atoms with van der Waals surface area (Å²) in [4.78, 5) is 19.5. The predicted molar refractivity (Wildman–Crippen MR) is 84.7 cm³/mol. The van der Waals surface area contributed by atoms with Crippen LogP contribution in [0.4, 0.5) is 10.7 Å². The second-order valence-corrected chi connectivity index (χ2v) is 6.85. The molecule has 3 heterocycles. The van der Waals surface area contributed by atoms with Crippen LogP contribution < -0.4 is 4.90 Å². The van der Waals surface area contributed by atoms with Crippen molar-refractivity contribution in [3.05, 3.63) is 33.3 Å². The van der Waals surface area contributed by atoms with Crippen LogP contribution in [0.25, 0.3) is 0 Å². The average Bonchev–Trinajstić information content (AvgIpc) is 3.10. The third-order valence-electron chi connectivity index (χ3n) is 4.26. The summed E-state index contributed by atoms with van der Waals surface area (Å²) < 4.78 is 5.28. The molecule has 1 saturated heterocycles. The number of hydrogen-bond acceptors (Lipinski definition) is 8. The largest absolute Gasteiger partial charge is 0.355 e. The molecule has 2 aromatic rings. The molecular weight excluding hydrogens is 318 g/mol. The molecule has 2 aromatic heterocycles. The molecule has 1 aliphatic heterocycles. The van der Waals surface area contributed by atoms with Crippen LogP contribution in [0.2, 0.25) is 0 Å². The molecule has 1 saturated carbocycles. The monoisotopic (exact) mass is 335 g/mol. The summed E-state index contributed by atoms with van der Waals surface area (Å²) in [6, 6.07) is 1.57. The Hall–Kier alpha value is -2.00. The fourth-order valence-electron chi connectivity index (χ4n) is 2.81. The van der Waals surface area contributed by atoms with Gasteiger partial charge in [0.2, 0.25) is 5.89 Å². The Morgan fingerprint density at radius 3 is 2.83 bits per heavy atom. The van der Waals surface area contributed by atoms with Crippen molar-refractivity contribution >= 4 is 22.0 Å². The highest BCUT2D eigenvalue weighted by Crippen LogP contribution is 2.39. The third-order valence-corrected chi connectivity index (χ3v) is 5.22. The average molecular weight is 335 g/mol. The summed E-state index contributed by atoms with van der Waals surface area (Å²) in [6.07, 6.45) is 2.31. The highest BCUT2D eigenvalue weighted by atomic mass is 32.1. The predicted octanol–water partition coefficient (Wildman–Crippen LogP) is 2.24. The summed E-state index contributed by atoms with van der Waals surface area (Å²) in [5.41, 5.74) is 0.204. The highest BCUT2D eigenvalue weighted by molar-refractivity contribution is 7.14. The van der Waals surface area contributed by atoms with E-state index in [2.05, 4.69) is 19.9 Å². The Bertz CT molecular complexity index is 703. The van der Waals surface area contributed by atoms with Crippen LogP contribution >= 0.6 is 11.3 Å². The molecule has 0 aromatic carbocycles. The molecule has 8 nitrogen and oxygen atoms in total. The number of hydrogen-bond donors (Lipinski definition) is 0. The zero-order valence-electron chi connectivity index (χ0n) is 12.6. The van der Waals surface area contributed by atoms with Gasteiger partial charge in [0.05, 0.1) is 11.5 Å². The van der Waals surface area contributed by atoms with Crippen molar-refractivity contribution in [2.24, 2.45) is 0 Å². The lowest BCUT2D eigenvalue weighted by atomic mass is 10.3. The van der Waals surface area contributed by atoms with E-state index in [9.17, 15) is 10.1 Å². The molecule has 1 aliphatic carbocycles. The third kappa shape index (κ3) is 3.06. The summed E-state index contributed by atoms with van der Waals surface area (Å²) in [5.74, 6) is 1.99. The Morgan fingerprint density at radius 2 is 2.13 bits per heavy atom. The van der Waals surface area contributed by atoms with Gasteiger partial charge in [-0.25, -0.2) is 0 Å². The van der Waals surface area contributed by atoms with Gasteiger partial charge in [-0.1, -0.05) is 5.16 Å². The van der Waals surface area contributed by atoms with Gasteiger partial charge in [0.1, 0.15) is 0 Å². The van der Waals surface area contributed by atoms with Gasteiger partial charge < -0.3 is 9.42 Å². The number of nitrogens with zero attached hydrogens (tertiary/aromatic N) is 5. The minimum Gasteiger partial charge on any atom is -0.355 e. The first-order valence-electron chi connectivity index (χ1n) is 7.72. The fourth-order valence-corrected chi connectivity index (χ4v) is 3.73. The quantitative estimate of drug-likeness (QED) is 0.611. The number of anilines is 1. The fraction of sp³-hybridized carbons (Fsp3) is 0.571. The van der Waals surface area contributed by atoms with Crippen LogP contribution in [-0.4, -0.2) is 46.1 Å². The van der Waals surface area contributed by atoms with Gasteiger partial charge in [-0.2, -0.15) is 4.98 Å². The zero-order chi connectivity index (χ0) is 15.8. The molecule has 9 heteroatoms. The van der Waals surface area contributed by atoms with Gasteiger partial charge in [0.25, 0.3) is 0 Å². The standard InChI is InChI=1S/C14H17N5O3S/c20-19(21)11-3-8-23-14(11)18-6-4-17(5-7-18)9-12-15-13(22-16-12)10-1-2-10/h3,8,10H,1-2,4-7,9H2. The lowest BCUT2D eigenvalue weighted by Crippen LogP contribution is -2.46. The molecule has 2 aliphatic rings. The van der Waals surface area contributed by atoms with Crippen LogP contribution in [0.15, 0.2) is 16.0 Å². The molecule has 4 rings (SSSR count). The topological polar surface area (TPSA) is 88.5 Å². The van der Waals surface area contributed by atoms with E-state index in [1.807, 2.05) is 0 Å². The highest BCUT2D eigenvalue weighted by Gasteiger charge is 2.30. The molecule has 122 valence electrons. The van der Waals surface area contributed by atoms with Crippen molar-refractivity contribution in [1.29, 1.82) is 0 Å². The van der Waals surface area contributed by atoms with Crippen molar-refractivity contribution in [2.75, 3.05) is 31.1 Å². The lowest BCUT2D eigenvalue weighted by Gasteiger charge is -2.34. The minimum atomic E-state index is -0.309. The molecule has 0 spiro atoms. The van der Waals surface area contributed by atoms with Gasteiger partial charge in [-0.05, 0) is 18.2 Å². The Morgan fingerprint density at radius 1 is 1.35 bits per heavy atom. The first kappa shape index (κ1) is 14.6. The second kappa shape index (κ2) is 5.89. The molecule has 0 amide bonds. The van der Waals surface area contributed by atoms with E-state index >= 15 is 0 Å². The second-order valence-electron chi connectivity index (χ2n) is 5.95. The lowest BCUT2D eigenvalue weighted by molar-refractivity contribution is -0.383. The smallest absolute Gasteiger partial charge is 0.303 e. The van der Waals surface area contributed by atoms with Crippen molar-refractivity contribution in [3.8, 4) is 0 Å². The molecule has 0 atom stereocenters. The van der Waals surface area contributed by atoms with Crippen molar-refractivity contribution in [1.82, 2.24) is 15.0 Å². The Balaban J connectivity index is 1.35. The van der Waals surface area contributed by atoms with E-state index in [1.54, 1.807) is 11.4 Å². The van der Waals surface area contributed by atoms with E-state index in [1.165, 1.54) is 11.3 Å². The minimum absolute atomic E-state index is 0.204. The molecular formula is C14H17N5O3S. The number of thiophene rings is 1. The molecule has 0 unspecified atom stereocenters. The van der Waals surface area contributed by atoms with Crippen molar-refractivity contribution in [2.45, 2.75) is 25.3 Å². The van der Waals surface area contributed by atoms with E-state index in [0.717, 1.165) is 55.7 Å². The Kier molecular flexibility index (Phi) is 3.74. The van der Waals surface area contributed by atoms with E-state index < -0.39 is 0 Å². The van der Waals surface area contributed by atoms with Gasteiger partial charge in [-0.15, -0.1) is 11.3 Å². The maximum atomic E-state index is 11.0.